The highest BCUT2D eigenvalue weighted by atomic mass is 15.1. The van der Waals surface area contributed by atoms with Crippen molar-refractivity contribution in [1.82, 2.24) is 0 Å². The van der Waals surface area contributed by atoms with Gasteiger partial charge in [-0.2, -0.15) is 0 Å². The van der Waals surface area contributed by atoms with E-state index < -0.39 is 0 Å². The van der Waals surface area contributed by atoms with Crippen LogP contribution in [0, 0.1) is 0 Å². The van der Waals surface area contributed by atoms with Crippen LogP contribution in [-0.4, -0.2) is 0 Å². The Hall–Kier alpha value is -6.44. The maximum absolute atomic E-state index is 2.47. The molecule has 0 heterocycles. The molecule has 1 aliphatic carbocycles. The predicted molar refractivity (Wildman–Crippen MR) is 314 cm³/mol. The van der Waals surface area contributed by atoms with Crippen LogP contribution in [0.4, 0.5) is 17.1 Å². The van der Waals surface area contributed by atoms with Gasteiger partial charge in [-0.05, 0) is 164 Å². The molecule has 0 N–H and O–H groups in total. The molecule has 8 aromatic rings. The highest BCUT2D eigenvalue weighted by molar-refractivity contribution is 5.88. The topological polar surface area (TPSA) is 3.24 Å². The van der Waals surface area contributed by atoms with Crippen molar-refractivity contribution in [2.75, 3.05) is 4.90 Å². The molecule has 1 nitrogen and oxygen atoms in total. The molecule has 72 heavy (non-hydrogen) atoms. The first-order chi connectivity index (χ1) is 33.6. The lowest BCUT2D eigenvalue weighted by atomic mass is 9.78. The molecule has 368 valence electrons. The Morgan fingerprint density at radius 3 is 1.07 bits per heavy atom. The van der Waals surface area contributed by atoms with E-state index in [1.165, 1.54) is 94.6 Å². The molecule has 0 unspecified atom stereocenters. The SMILES string of the molecule is CC(C)(C)c1cc(-c2ccc(-c3cccc(N(c4cccc(-c5cc(C(C)(C)C)cc(C(C)(C)C)c5)c4)c4ccc5c(c4)C(C)(C)c4ccccc4-5)c3)cc2)cc(-c2cc(C(C)(C)C)cc(C(C)(C)C)c2)c1. The normalized spacial score (nSPS) is 13.7. The van der Waals surface area contributed by atoms with Gasteiger partial charge in [-0.25, -0.2) is 0 Å². The Morgan fingerprint density at radius 2 is 0.611 bits per heavy atom. The Bertz CT molecular complexity index is 3250. The van der Waals surface area contributed by atoms with Crippen LogP contribution in [0.15, 0.2) is 170 Å². The Labute approximate surface area is 434 Å². The fraction of sp³-hybridized carbons (Fsp3) is 0.324. The summed E-state index contributed by atoms with van der Waals surface area (Å²) < 4.78 is 0. The molecule has 0 amide bonds. The van der Waals surface area contributed by atoms with Gasteiger partial charge in [0.1, 0.15) is 0 Å². The summed E-state index contributed by atoms with van der Waals surface area (Å²) in [6.45, 7) is 39.6. The lowest BCUT2D eigenvalue weighted by Crippen LogP contribution is -2.17. The lowest BCUT2D eigenvalue weighted by Gasteiger charge is -2.29. The number of hydrogen-bond donors (Lipinski definition) is 0. The first kappa shape index (κ1) is 50.5. The minimum Gasteiger partial charge on any atom is -0.310 e. The number of nitrogens with zero attached hydrogens (tertiary/aromatic N) is 1. The molecular weight excluding hydrogens is 867 g/mol. The second kappa shape index (κ2) is 17.9. The van der Waals surface area contributed by atoms with Crippen LogP contribution in [-0.2, 0) is 32.5 Å². The fourth-order valence-corrected chi connectivity index (χ4v) is 10.5. The van der Waals surface area contributed by atoms with Crippen molar-refractivity contribution in [3.63, 3.8) is 0 Å². The standard InChI is InChI=1S/C71H79N/c1-66(2,3)54-35-50(34-51(36-54)53-39-57(69(10,11)12)44-58(40-53)70(13,14)15)47-30-28-46(29-31-47)48-22-20-24-59(41-48)72(61-32-33-63-62-26-18-19-27-64(62)71(16,17)65(63)45-61)60-25-21-23-49(42-60)52-37-55(67(4,5)6)43-56(38-52)68(7,8)9/h18-45H,1-17H3. The van der Waals surface area contributed by atoms with Crippen LogP contribution in [0.5, 0.6) is 0 Å². The number of benzene rings is 8. The van der Waals surface area contributed by atoms with Crippen LogP contribution in [0.3, 0.4) is 0 Å². The van der Waals surface area contributed by atoms with E-state index in [1.807, 2.05) is 0 Å². The molecular formula is C71H79N. The van der Waals surface area contributed by atoms with Crippen molar-refractivity contribution in [1.29, 1.82) is 0 Å². The summed E-state index contributed by atoms with van der Waals surface area (Å²) in [5, 5.41) is 0. The summed E-state index contributed by atoms with van der Waals surface area (Å²) in [5.41, 5.74) is 25.4. The first-order valence-electron chi connectivity index (χ1n) is 26.4. The molecule has 0 aliphatic heterocycles. The van der Waals surface area contributed by atoms with Crippen LogP contribution >= 0.6 is 0 Å². The second-order valence-electron chi connectivity index (χ2n) is 26.6. The van der Waals surface area contributed by atoms with Gasteiger partial charge in [-0.15, -0.1) is 0 Å². The van der Waals surface area contributed by atoms with Crippen LogP contribution in [0.1, 0.15) is 157 Å². The Balaban J connectivity index is 1.15. The Kier molecular flexibility index (Phi) is 12.6. The van der Waals surface area contributed by atoms with E-state index in [4.69, 9.17) is 0 Å². The molecule has 1 aliphatic rings. The van der Waals surface area contributed by atoms with E-state index in [2.05, 4.69) is 292 Å². The first-order valence-corrected chi connectivity index (χ1v) is 26.4. The molecule has 0 fully saturated rings. The zero-order valence-electron chi connectivity index (χ0n) is 46.6. The smallest absolute Gasteiger partial charge is 0.0467 e. The molecule has 0 spiro atoms. The largest absolute Gasteiger partial charge is 0.310 e. The lowest BCUT2D eigenvalue weighted by molar-refractivity contribution is 0.568. The minimum absolute atomic E-state index is 0.0155. The van der Waals surface area contributed by atoms with Gasteiger partial charge in [0.25, 0.3) is 0 Å². The number of fused-ring (bicyclic) bond motifs is 3. The quantitative estimate of drug-likeness (QED) is 0.154. The maximum atomic E-state index is 2.47. The van der Waals surface area contributed by atoms with Gasteiger partial charge in [-0.1, -0.05) is 245 Å². The van der Waals surface area contributed by atoms with Gasteiger partial charge < -0.3 is 4.90 Å². The van der Waals surface area contributed by atoms with E-state index >= 15 is 0 Å². The van der Waals surface area contributed by atoms with Gasteiger partial charge in [0.05, 0.1) is 0 Å². The van der Waals surface area contributed by atoms with Crippen molar-refractivity contribution < 1.29 is 0 Å². The maximum Gasteiger partial charge on any atom is 0.0467 e. The second-order valence-corrected chi connectivity index (χ2v) is 26.6. The van der Waals surface area contributed by atoms with Crippen molar-refractivity contribution in [2.24, 2.45) is 0 Å². The van der Waals surface area contributed by atoms with E-state index in [0.29, 0.717) is 0 Å². The third-order valence-electron chi connectivity index (χ3n) is 15.4. The van der Waals surface area contributed by atoms with Crippen molar-refractivity contribution in [3.05, 3.63) is 209 Å². The number of hydrogen-bond acceptors (Lipinski definition) is 1. The molecule has 0 aromatic heterocycles. The zero-order valence-corrected chi connectivity index (χ0v) is 46.6. The molecule has 9 rings (SSSR count). The van der Waals surface area contributed by atoms with Gasteiger partial charge in [0, 0.05) is 22.5 Å². The average Bonchev–Trinajstić information content (AvgIpc) is 3.55. The van der Waals surface area contributed by atoms with Gasteiger partial charge in [0.2, 0.25) is 0 Å². The summed E-state index contributed by atoms with van der Waals surface area (Å²) in [7, 11) is 0. The Morgan fingerprint density at radius 1 is 0.264 bits per heavy atom. The van der Waals surface area contributed by atoms with Gasteiger partial charge in [-0.3, -0.25) is 0 Å². The van der Waals surface area contributed by atoms with Crippen LogP contribution in [0.2, 0.25) is 0 Å². The molecule has 0 atom stereocenters. The summed E-state index contributed by atoms with van der Waals surface area (Å²) in [5.74, 6) is 0. The number of rotatable bonds is 7. The summed E-state index contributed by atoms with van der Waals surface area (Å²) >= 11 is 0. The van der Waals surface area contributed by atoms with E-state index in [-0.39, 0.29) is 32.5 Å². The summed E-state index contributed by atoms with van der Waals surface area (Å²) in [4.78, 5) is 2.47. The molecule has 0 saturated heterocycles. The van der Waals surface area contributed by atoms with Gasteiger partial charge >= 0.3 is 0 Å². The highest BCUT2D eigenvalue weighted by Gasteiger charge is 2.36. The summed E-state index contributed by atoms with van der Waals surface area (Å²) in [6, 6.07) is 65.4. The van der Waals surface area contributed by atoms with Crippen LogP contribution in [0.25, 0.3) is 55.6 Å². The molecule has 8 aromatic carbocycles. The van der Waals surface area contributed by atoms with E-state index in [9.17, 15) is 0 Å². The highest BCUT2D eigenvalue weighted by Crippen LogP contribution is 2.51. The van der Waals surface area contributed by atoms with Crippen molar-refractivity contribution in [2.45, 2.75) is 150 Å². The molecule has 0 saturated carbocycles. The summed E-state index contributed by atoms with van der Waals surface area (Å²) in [6.07, 6.45) is 0. The number of anilines is 3. The van der Waals surface area contributed by atoms with E-state index in [1.54, 1.807) is 0 Å². The van der Waals surface area contributed by atoms with Crippen molar-refractivity contribution >= 4 is 17.1 Å². The predicted octanol–water partition coefficient (Wildman–Crippen LogP) is 20.6. The van der Waals surface area contributed by atoms with Gasteiger partial charge in [0.15, 0.2) is 0 Å². The molecule has 0 radical (unpaired) electrons. The minimum atomic E-state index is -0.130. The van der Waals surface area contributed by atoms with Crippen molar-refractivity contribution in [3.8, 4) is 55.6 Å². The molecule has 1 heteroatoms. The average molecular weight is 946 g/mol. The monoisotopic (exact) mass is 946 g/mol. The zero-order chi connectivity index (χ0) is 51.9. The van der Waals surface area contributed by atoms with Crippen LogP contribution < -0.4 is 4.90 Å². The molecule has 0 bridgehead atoms. The third kappa shape index (κ3) is 10.0. The third-order valence-corrected chi connectivity index (χ3v) is 15.4. The fourth-order valence-electron chi connectivity index (χ4n) is 10.5. The van der Waals surface area contributed by atoms with E-state index in [0.717, 1.165) is 17.1 Å².